The number of nitrogens with one attached hydrogen (secondary N) is 1. The molecule has 2 heterocycles. The normalized spacial score (nSPS) is 17.3. The minimum absolute atomic E-state index is 0.0516. The fourth-order valence-corrected chi connectivity index (χ4v) is 3.97. The van der Waals surface area contributed by atoms with Gasteiger partial charge in [0.05, 0.1) is 11.9 Å². The highest BCUT2D eigenvalue weighted by molar-refractivity contribution is 8.01. The fourth-order valence-electron chi connectivity index (χ4n) is 2.19. The lowest BCUT2D eigenvalue weighted by Crippen LogP contribution is -2.18. The van der Waals surface area contributed by atoms with Crippen LogP contribution in [-0.4, -0.2) is 41.0 Å². The van der Waals surface area contributed by atoms with Crippen molar-refractivity contribution in [3.63, 3.8) is 0 Å². The van der Waals surface area contributed by atoms with E-state index in [1.807, 2.05) is 0 Å². The van der Waals surface area contributed by atoms with Crippen LogP contribution in [0.4, 0.5) is 5.13 Å². The second-order valence-electron chi connectivity index (χ2n) is 5.11. The summed E-state index contributed by atoms with van der Waals surface area (Å²) in [4.78, 5) is 12.1. The summed E-state index contributed by atoms with van der Waals surface area (Å²) in [7, 11) is 0. The maximum atomic E-state index is 12.1. The first-order valence-electron chi connectivity index (χ1n) is 7.31. The van der Waals surface area contributed by atoms with Crippen molar-refractivity contribution in [3.05, 3.63) is 34.9 Å². The maximum Gasteiger partial charge on any atom is 0.206 e. The number of carbonyl (C=O) groups is 1. The molecule has 1 aliphatic heterocycles. The van der Waals surface area contributed by atoms with Crippen LogP contribution >= 0.6 is 34.7 Å². The van der Waals surface area contributed by atoms with E-state index in [2.05, 4.69) is 15.5 Å². The fraction of sp³-hybridized carbons (Fsp3) is 0.400. The van der Waals surface area contributed by atoms with E-state index in [9.17, 15) is 4.79 Å². The Labute approximate surface area is 147 Å². The second-order valence-corrected chi connectivity index (χ2v) is 7.74. The molecule has 1 aliphatic rings. The van der Waals surface area contributed by atoms with Crippen molar-refractivity contribution in [1.82, 2.24) is 10.2 Å². The molecular weight excluding hydrogens is 354 g/mol. The molecule has 1 atom stereocenters. The molecule has 1 unspecified atom stereocenters. The third-order valence-corrected chi connectivity index (χ3v) is 5.67. The molecular formula is C15H16ClN3O2S2. The van der Waals surface area contributed by atoms with Crippen LogP contribution in [0, 0.1) is 0 Å². The number of rotatable bonds is 7. The summed E-state index contributed by atoms with van der Waals surface area (Å²) >= 11 is 8.67. The highest BCUT2D eigenvalue weighted by atomic mass is 35.5. The molecule has 0 aliphatic carbocycles. The molecule has 1 N–H and O–H groups in total. The Kier molecular flexibility index (Phi) is 5.88. The smallest absolute Gasteiger partial charge is 0.206 e. The number of nitrogens with zero attached hydrogens (tertiary/aromatic N) is 2. The zero-order valence-corrected chi connectivity index (χ0v) is 14.7. The van der Waals surface area contributed by atoms with Crippen LogP contribution in [0.25, 0.3) is 0 Å². The van der Waals surface area contributed by atoms with Crippen molar-refractivity contribution in [2.24, 2.45) is 0 Å². The first-order valence-corrected chi connectivity index (χ1v) is 9.49. The number of Topliss-reactive ketones (excluding diaryl/α,β-unsaturated/α-hetero) is 1. The summed E-state index contributed by atoms with van der Waals surface area (Å²) in [6, 6.07) is 6.91. The Hall–Kier alpha value is -1.15. The highest BCUT2D eigenvalue weighted by Gasteiger charge is 2.16. The molecule has 23 heavy (non-hydrogen) atoms. The third kappa shape index (κ3) is 4.91. The summed E-state index contributed by atoms with van der Waals surface area (Å²) in [6.07, 6.45) is 2.47. The number of thioether (sulfide) groups is 1. The van der Waals surface area contributed by atoms with Crippen molar-refractivity contribution in [3.8, 4) is 0 Å². The Morgan fingerprint density at radius 3 is 2.96 bits per heavy atom. The van der Waals surface area contributed by atoms with Gasteiger partial charge in [-0.1, -0.05) is 34.7 Å². The lowest BCUT2D eigenvalue weighted by Gasteiger charge is -2.08. The number of carbonyl (C=O) groups excluding carboxylic acids is 1. The molecule has 8 heteroatoms. The van der Waals surface area contributed by atoms with Crippen LogP contribution in [0.2, 0.25) is 5.02 Å². The quantitative estimate of drug-likeness (QED) is 0.592. The van der Waals surface area contributed by atoms with Crippen molar-refractivity contribution in [2.75, 3.05) is 24.2 Å². The van der Waals surface area contributed by atoms with Gasteiger partial charge in [0.2, 0.25) is 5.13 Å². The second kappa shape index (κ2) is 8.10. The largest absolute Gasteiger partial charge is 0.376 e. The molecule has 1 fully saturated rings. The van der Waals surface area contributed by atoms with Crippen molar-refractivity contribution in [1.29, 1.82) is 0 Å². The first-order chi connectivity index (χ1) is 11.2. The van der Waals surface area contributed by atoms with Crippen molar-refractivity contribution >= 4 is 45.6 Å². The van der Waals surface area contributed by atoms with Crippen LogP contribution in [0.15, 0.2) is 28.6 Å². The van der Waals surface area contributed by atoms with Crippen LogP contribution in [0.1, 0.15) is 23.2 Å². The number of hydrogen-bond acceptors (Lipinski definition) is 7. The molecule has 0 amide bonds. The molecule has 0 bridgehead atoms. The van der Waals surface area contributed by atoms with E-state index in [0.29, 0.717) is 16.3 Å². The van der Waals surface area contributed by atoms with E-state index < -0.39 is 0 Å². The number of ether oxygens (including phenoxy) is 1. The zero-order valence-electron chi connectivity index (χ0n) is 12.3. The van der Waals surface area contributed by atoms with E-state index in [1.165, 1.54) is 23.1 Å². The van der Waals surface area contributed by atoms with Gasteiger partial charge in [0, 0.05) is 23.7 Å². The van der Waals surface area contributed by atoms with Gasteiger partial charge in [-0.15, -0.1) is 10.2 Å². The number of anilines is 1. The molecule has 1 aromatic carbocycles. The molecule has 5 nitrogen and oxygen atoms in total. The number of benzene rings is 1. The lowest BCUT2D eigenvalue weighted by molar-refractivity contribution is 0.102. The summed E-state index contributed by atoms with van der Waals surface area (Å²) in [5, 5.41) is 12.8. The standard InChI is InChI=1S/C15H16ClN3O2S2/c16-11-5-3-10(4-6-11)13(20)9-22-15-19-18-14(23-15)17-8-12-2-1-7-21-12/h3-6,12H,1-2,7-9H2,(H,17,18). The van der Waals surface area contributed by atoms with Gasteiger partial charge in [-0.3, -0.25) is 4.79 Å². The molecule has 2 aromatic rings. The SMILES string of the molecule is O=C(CSc1nnc(NCC2CCCO2)s1)c1ccc(Cl)cc1. The highest BCUT2D eigenvalue weighted by Crippen LogP contribution is 2.26. The van der Waals surface area contributed by atoms with Gasteiger partial charge in [-0.2, -0.15) is 0 Å². The van der Waals surface area contributed by atoms with E-state index >= 15 is 0 Å². The topological polar surface area (TPSA) is 64.1 Å². The van der Waals surface area contributed by atoms with Crippen molar-refractivity contribution in [2.45, 2.75) is 23.3 Å². The van der Waals surface area contributed by atoms with Crippen LogP contribution in [0.3, 0.4) is 0 Å². The Bertz CT molecular complexity index is 657. The van der Waals surface area contributed by atoms with Crippen molar-refractivity contribution < 1.29 is 9.53 Å². The van der Waals surface area contributed by atoms with Crippen LogP contribution in [0.5, 0.6) is 0 Å². The Morgan fingerprint density at radius 1 is 1.39 bits per heavy atom. The minimum atomic E-state index is 0.0516. The number of ketones is 1. The van der Waals surface area contributed by atoms with Crippen LogP contribution in [-0.2, 0) is 4.74 Å². The molecule has 0 radical (unpaired) electrons. The van der Waals surface area contributed by atoms with Gasteiger partial charge < -0.3 is 10.1 Å². The summed E-state index contributed by atoms with van der Waals surface area (Å²) < 4.78 is 6.33. The third-order valence-electron chi connectivity index (χ3n) is 3.40. The average molecular weight is 370 g/mol. The Balaban J connectivity index is 1.46. The predicted molar refractivity (Wildman–Crippen MR) is 93.9 cm³/mol. The average Bonchev–Trinajstić information content (AvgIpc) is 3.23. The van der Waals surface area contributed by atoms with Gasteiger partial charge in [0.25, 0.3) is 0 Å². The zero-order chi connectivity index (χ0) is 16.1. The molecule has 3 rings (SSSR count). The van der Waals surface area contributed by atoms with E-state index in [4.69, 9.17) is 16.3 Å². The minimum Gasteiger partial charge on any atom is -0.376 e. The molecule has 0 spiro atoms. The van der Waals surface area contributed by atoms with E-state index in [-0.39, 0.29) is 11.9 Å². The molecule has 1 aromatic heterocycles. The molecule has 1 saturated heterocycles. The monoisotopic (exact) mass is 369 g/mol. The van der Waals surface area contributed by atoms with E-state index in [1.54, 1.807) is 24.3 Å². The lowest BCUT2D eigenvalue weighted by atomic mass is 10.1. The maximum absolute atomic E-state index is 12.1. The van der Waals surface area contributed by atoms with Gasteiger partial charge >= 0.3 is 0 Å². The summed E-state index contributed by atoms with van der Waals surface area (Å²) in [5.41, 5.74) is 0.656. The number of aromatic nitrogens is 2. The number of halogens is 1. The summed E-state index contributed by atoms with van der Waals surface area (Å²) in [5.74, 6) is 0.387. The summed E-state index contributed by atoms with van der Waals surface area (Å²) in [6.45, 7) is 1.60. The first kappa shape index (κ1) is 16.7. The predicted octanol–water partition coefficient (Wildman–Crippen LogP) is 3.76. The van der Waals surface area contributed by atoms with Gasteiger partial charge in [0.1, 0.15) is 0 Å². The van der Waals surface area contributed by atoms with Crippen LogP contribution < -0.4 is 5.32 Å². The molecule has 0 saturated carbocycles. The van der Waals surface area contributed by atoms with Gasteiger partial charge in [-0.05, 0) is 37.1 Å². The van der Waals surface area contributed by atoms with Gasteiger partial charge in [0.15, 0.2) is 10.1 Å². The molecule has 122 valence electrons. The van der Waals surface area contributed by atoms with E-state index in [0.717, 1.165) is 35.5 Å². The van der Waals surface area contributed by atoms with Gasteiger partial charge in [-0.25, -0.2) is 0 Å². The Morgan fingerprint density at radius 2 is 2.22 bits per heavy atom. The number of hydrogen-bond donors (Lipinski definition) is 1.